The Labute approximate surface area is 249 Å². The number of rotatable bonds is 7. The number of nitrogens with zero attached hydrogens (tertiary/aromatic N) is 4. The van der Waals surface area contributed by atoms with E-state index in [1.165, 1.54) is 18.2 Å². The molecule has 2 fully saturated rings. The van der Waals surface area contributed by atoms with Crippen molar-refractivity contribution in [3.8, 4) is 0 Å². The zero-order chi connectivity index (χ0) is 30.7. The summed E-state index contributed by atoms with van der Waals surface area (Å²) >= 11 is 11.2. The number of benzene rings is 2. The minimum absolute atomic E-state index is 0.0897. The number of thiocarbonyl (C=S) groups is 2. The second-order valence-electron chi connectivity index (χ2n) is 10.2. The normalized spacial score (nSPS) is 17.3. The van der Waals surface area contributed by atoms with Crippen LogP contribution >= 0.6 is 24.4 Å². The third-order valence-electron chi connectivity index (χ3n) is 7.48. The molecular weight excluding hydrogens is 604 g/mol. The molecule has 4 rings (SSSR count). The number of likely N-dealkylation sites (tertiary alicyclic amines) is 1. The van der Waals surface area contributed by atoms with Crippen molar-refractivity contribution in [3.63, 3.8) is 0 Å². The predicted molar refractivity (Wildman–Crippen MR) is 155 cm³/mol. The lowest BCUT2D eigenvalue weighted by Gasteiger charge is -2.38. The lowest BCUT2D eigenvalue weighted by Crippen LogP contribution is -2.49. The molecule has 0 aliphatic carbocycles. The first-order chi connectivity index (χ1) is 19.7. The van der Waals surface area contributed by atoms with E-state index < -0.39 is 34.1 Å². The van der Waals surface area contributed by atoms with Crippen molar-refractivity contribution in [2.75, 3.05) is 51.1 Å². The summed E-state index contributed by atoms with van der Waals surface area (Å²) in [5, 5.41) is 14.1. The Morgan fingerprint density at radius 3 is 2.05 bits per heavy atom. The van der Waals surface area contributed by atoms with Crippen LogP contribution in [0.2, 0.25) is 0 Å². The fourth-order valence-electron chi connectivity index (χ4n) is 5.09. The van der Waals surface area contributed by atoms with Crippen molar-refractivity contribution in [2.24, 2.45) is 0 Å². The second-order valence-corrected chi connectivity index (χ2v) is 11.1. The highest BCUT2D eigenvalue weighted by Gasteiger charge is 2.38. The fraction of sp³-hybridized carbons (Fsp3) is 0.481. The van der Waals surface area contributed by atoms with Gasteiger partial charge in [-0.25, -0.2) is 0 Å². The SMILES string of the molecule is O=[N+]([O-])c1ccc(NC2CCN(C(=S)CCN3CCN(C(=S)c4ccc(C(F)(F)F)cc4)CC3)CC2)cc1C(F)(F)F. The Morgan fingerprint density at radius 1 is 0.881 bits per heavy atom. The van der Waals surface area contributed by atoms with Crippen LogP contribution in [0.1, 0.15) is 36.0 Å². The molecule has 2 aliphatic heterocycles. The van der Waals surface area contributed by atoms with Crippen LogP contribution in [0.4, 0.5) is 37.7 Å². The largest absolute Gasteiger partial charge is 0.423 e. The van der Waals surface area contributed by atoms with E-state index in [-0.39, 0.29) is 11.7 Å². The lowest BCUT2D eigenvalue weighted by atomic mass is 10.0. The summed E-state index contributed by atoms with van der Waals surface area (Å²) in [4.78, 5) is 17.6. The highest BCUT2D eigenvalue weighted by atomic mass is 32.1. The maximum Gasteiger partial charge on any atom is 0.423 e. The minimum atomic E-state index is -4.83. The van der Waals surface area contributed by atoms with Gasteiger partial charge in [0.25, 0.3) is 5.69 Å². The van der Waals surface area contributed by atoms with Gasteiger partial charge < -0.3 is 15.1 Å². The highest BCUT2D eigenvalue weighted by Crippen LogP contribution is 2.38. The van der Waals surface area contributed by atoms with E-state index in [9.17, 15) is 36.5 Å². The third-order valence-corrected chi connectivity index (χ3v) is 8.43. The van der Waals surface area contributed by atoms with E-state index in [4.69, 9.17) is 24.4 Å². The van der Waals surface area contributed by atoms with E-state index in [1.807, 2.05) is 4.90 Å². The summed E-state index contributed by atoms with van der Waals surface area (Å²) in [5.74, 6) is 0. The van der Waals surface area contributed by atoms with Gasteiger partial charge in [-0.2, -0.15) is 26.3 Å². The Hall–Kier alpha value is -3.04. The molecule has 0 spiro atoms. The third kappa shape index (κ3) is 8.07. The summed E-state index contributed by atoms with van der Waals surface area (Å²) < 4.78 is 78.3. The smallest absolute Gasteiger partial charge is 0.382 e. The molecule has 0 unspecified atom stereocenters. The molecule has 0 atom stereocenters. The van der Waals surface area contributed by atoms with Crippen molar-refractivity contribution >= 4 is 45.8 Å². The number of piperidine rings is 1. The molecule has 228 valence electrons. The van der Waals surface area contributed by atoms with E-state index in [1.54, 1.807) is 0 Å². The van der Waals surface area contributed by atoms with Crippen molar-refractivity contribution < 1.29 is 31.3 Å². The number of hydrogen-bond acceptors (Lipinski definition) is 6. The molecule has 7 nitrogen and oxygen atoms in total. The molecule has 42 heavy (non-hydrogen) atoms. The summed E-state index contributed by atoms with van der Waals surface area (Å²) in [5.41, 5.74) is -2.19. The Morgan fingerprint density at radius 2 is 1.50 bits per heavy atom. The van der Waals surface area contributed by atoms with E-state index in [0.29, 0.717) is 56.0 Å². The number of nitrogens with one attached hydrogen (secondary N) is 1. The van der Waals surface area contributed by atoms with Crippen LogP contribution in [0.3, 0.4) is 0 Å². The predicted octanol–water partition coefficient (Wildman–Crippen LogP) is 6.22. The van der Waals surface area contributed by atoms with Gasteiger partial charge >= 0.3 is 12.4 Å². The first-order valence-electron chi connectivity index (χ1n) is 13.3. The van der Waals surface area contributed by atoms with Crippen LogP contribution in [0.5, 0.6) is 0 Å². The number of hydrogen-bond donors (Lipinski definition) is 1. The summed E-state index contributed by atoms with van der Waals surface area (Å²) in [7, 11) is 0. The first-order valence-corrected chi connectivity index (χ1v) is 14.1. The monoisotopic (exact) mass is 633 g/mol. The molecule has 0 radical (unpaired) electrons. The number of alkyl halides is 6. The number of piperazine rings is 1. The first kappa shape index (κ1) is 31.9. The fourth-order valence-corrected chi connectivity index (χ4v) is 5.68. The number of halogens is 6. The Bertz CT molecular complexity index is 1290. The quantitative estimate of drug-likeness (QED) is 0.167. The topological polar surface area (TPSA) is 64.9 Å². The molecular formula is C27H29F6N5O2S2. The summed E-state index contributed by atoms with van der Waals surface area (Å²) in [6.07, 6.45) is -7.25. The van der Waals surface area contributed by atoms with Gasteiger partial charge in [0.15, 0.2) is 0 Å². The van der Waals surface area contributed by atoms with Crippen LogP contribution < -0.4 is 5.32 Å². The second kappa shape index (κ2) is 13.1. The van der Waals surface area contributed by atoms with Crippen LogP contribution in [0.25, 0.3) is 0 Å². The molecule has 0 bridgehead atoms. The number of anilines is 1. The summed E-state index contributed by atoms with van der Waals surface area (Å²) in [6.45, 7) is 4.83. The van der Waals surface area contributed by atoms with Gasteiger partial charge in [-0.1, -0.05) is 36.6 Å². The standard InChI is InChI=1S/C27H29F6N5O2S2/c28-26(29,30)19-3-1-18(2-4-19)25(42)37-15-13-35(14-16-37)10-9-24(41)36-11-7-20(8-12-36)34-21-5-6-23(38(39)40)22(17-21)27(31,32)33/h1-6,17,20,34H,7-16H2. The number of nitro groups is 1. The zero-order valence-electron chi connectivity index (χ0n) is 22.4. The number of nitro benzene ring substituents is 1. The van der Waals surface area contributed by atoms with Gasteiger partial charge in [0.05, 0.1) is 15.5 Å². The molecule has 0 amide bonds. The average molecular weight is 634 g/mol. The molecule has 2 heterocycles. The molecule has 1 N–H and O–H groups in total. The van der Waals surface area contributed by atoms with Crippen LogP contribution in [-0.2, 0) is 12.4 Å². The Kier molecular flexibility index (Phi) is 9.93. The van der Waals surface area contributed by atoms with Crippen molar-refractivity contribution in [2.45, 2.75) is 37.7 Å². The minimum Gasteiger partial charge on any atom is -0.382 e. The van der Waals surface area contributed by atoms with E-state index >= 15 is 0 Å². The zero-order valence-corrected chi connectivity index (χ0v) is 24.0. The molecule has 2 aliphatic rings. The van der Waals surface area contributed by atoms with Gasteiger partial charge in [0, 0.05) is 75.6 Å². The van der Waals surface area contributed by atoms with Crippen molar-refractivity contribution in [1.29, 1.82) is 0 Å². The lowest BCUT2D eigenvalue weighted by molar-refractivity contribution is -0.388. The Balaban J connectivity index is 1.19. The molecule has 0 aromatic heterocycles. The highest BCUT2D eigenvalue weighted by molar-refractivity contribution is 7.80. The van der Waals surface area contributed by atoms with Crippen LogP contribution in [0, 0.1) is 10.1 Å². The van der Waals surface area contributed by atoms with Gasteiger partial charge in [-0.3, -0.25) is 15.0 Å². The van der Waals surface area contributed by atoms with Gasteiger partial charge in [0.1, 0.15) is 10.6 Å². The molecule has 15 heteroatoms. The molecule has 2 aromatic rings. The van der Waals surface area contributed by atoms with Gasteiger partial charge in [-0.05, 0) is 37.1 Å². The van der Waals surface area contributed by atoms with Crippen molar-refractivity contribution in [3.05, 3.63) is 69.3 Å². The summed E-state index contributed by atoms with van der Waals surface area (Å²) in [6, 6.07) is 7.74. The van der Waals surface area contributed by atoms with Gasteiger partial charge in [0.2, 0.25) is 0 Å². The van der Waals surface area contributed by atoms with Crippen molar-refractivity contribution in [1.82, 2.24) is 14.7 Å². The maximum absolute atomic E-state index is 13.3. The molecule has 2 saturated heterocycles. The average Bonchev–Trinajstić information content (AvgIpc) is 2.95. The molecule has 2 aromatic carbocycles. The van der Waals surface area contributed by atoms with E-state index in [2.05, 4.69) is 15.1 Å². The van der Waals surface area contributed by atoms with E-state index in [0.717, 1.165) is 48.9 Å². The van der Waals surface area contributed by atoms with Crippen LogP contribution in [0.15, 0.2) is 42.5 Å². The van der Waals surface area contributed by atoms with Gasteiger partial charge in [-0.15, -0.1) is 0 Å². The van der Waals surface area contributed by atoms with Crippen LogP contribution in [-0.4, -0.2) is 81.5 Å². The molecule has 0 saturated carbocycles. The maximum atomic E-state index is 13.3.